The Morgan fingerprint density at radius 2 is 1.15 bits per heavy atom. The number of ether oxygens (including phenoxy) is 2. The quantitative estimate of drug-likeness (QED) is 0.0266. The predicted molar refractivity (Wildman–Crippen MR) is 252 cm³/mol. The van der Waals surface area contributed by atoms with E-state index in [4.69, 9.17) is 21.1 Å². The van der Waals surface area contributed by atoms with Crippen LogP contribution in [0.3, 0.4) is 0 Å². The number of nitro benzene ring substituents is 1. The van der Waals surface area contributed by atoms with Crippen LogP contribution in [-0.4, -0.2) is 75.9 Å². The monoisotopic (exact) mass is 981 g/mol. The Morgan fingerprint density at radius 3 is 1.73 bits per heavy atom. The van der Waals surface area contributed by atoms with Crippen molar-refractivity contribution in [2.45, 2.75) is 13.8 Å². The van der Waals surface area contributed by atoms with Crippen molar-refractivity contribution in [2.24, 2.45) is 15.3 Å². The van der Waals surface area contributed by atoms with Crippen molar-refractivity contribution in [3.05, 3.63) is 179 Å². The number of nitrogens with zero attached hydrogens (tertiary/aromatic N) is 4. The van der Waals surface area contributed by atoms with E-state index in [-0.39, 0.29) is 57.6 Å². The molecule has 0 aliphatic carbocycles. The fourth-order valence-corrected chi connectivity index (χ4v) is 6.00. The summed E-state index contributed by atoms with van der Waals surface area (Å²) < 4.78 is 10.5. The van der Waals surface area contributed by atoms with E-state index in [1.54, 1.807) is 73.7 Å². The highest BCUT2D eigenvalue weighted by molar-refractivity contribution is 9.10. The van der Waals surface area contributed by atoms with Gasteiger partial charge in [0.2, 0.25) is 0 Å². The summed E-state index contributed by atoms with van der Waals surface area (Å²) >= 11 is 9.20. The van der Waals surface area contributed by atoms with Crippen molar-refractivity contribution in [2.75, 3.05) is 14.2 Å². The van der Waals surface area contributed by atoms with Gasteiger partial charge in [-0.15, -0.1) is 0 Å². The van der Waals surface area contributed by atoms with Crippen LogP contribution in [0.1, 0.15) is 58.9 Å². The zero-order valence-electron chi connectivity index (χ0n) is 35.4. The van der Waals surface area contributed by atoms with Gasteiger partial charge in [-0.3, -0.25) is 24.5 Å². The van der Waals surface area contributed by atoms with Crippen molar-refractivity contribution in [1.29, 1.82) is 0 Å². The number of hydrazone groups is 3. The first-order valence-corrected chi connectivity index (χ1v) is 20.2. The molecular formula is C46H41BrClN7O11. The number of phenolic OH excluding ortho intramolecular Hbond substituents is 4. The van der Waals surface area contributed by atoms with Crippen LogP contribution in [0.15, 0.2) is 135 Å². The van der Waals surface area contributed by atoms with E-state index in [1.165, 1.54) is 44.8 Å². The van der Waals surface area contributed by atoms with Crippen LogP contribution in [0, 0.1) is 24.0 Å². The van der Waals surface area contributed by atoms with Crippen LogP contribution in [0.5, 0.6) is 34.5 Å². The average molecular weight is 983 g/mol. The molecule has 340 valence electrons. The normalized spacial score (nSPS) is 10.6. The fraction of sp³-hybridized carbons (Fsp3) is 0.0870. The Bertz CT molecular complexity index is 2800. The largest absolute Gasteiger partial charge is 0.504 e. The first kappa shape index (κ1) is 50.4. The number of para-hydroxylation sites is 1. The Morgan fingerprint density at radius 1 is 0.636 bits per heavy atom. The molecule has 0 bridgehead atoms. The molecule has 0 saturated carbocycles. The second-order valence-electron chi connectivity index (χ2n) is 13.4. The Kier molecular flexibility index (Phi) is 18.7. The number of aromatic hydroxyl groups is 4. The number of hydrogen-bond donors (Lipinski definition) is 7. The maximum atomic E-state index is 12.0. The number of nitro groups is 1. The molecule has 0 radical (unpaired) electrons. The lowest BCUT2D eigenvalue weighted by atomic mass is 10.1. The minimum absolute atomic E-state index is 0.0473. The summed E-state index contributed by atoms with van der Waals surface area (Å²) in [6, 6.07) is 30.7. The van der Waals surface area contributed by atoms with E-state index < -0.39 is 10.8 Å². The third kappa shape index (κ3) is 14.4. The predicted octanol–water partition coefficient (Wildman–Crippen LogP) is 8.13. The summed E-state index contributed by atoms with van der Waals surface area (Å²) in [5, 5.41) is 61.4. The summed E-state index contributed by atoms with van der Waals surface area (Å²) in [6.45, 7) is 3.72. The van der Waals surface area contributed by atoms with E-state index in [2.05, 4.69) is 47.5 Å². The molecule has 20 heteroatoms. The average Bonchev–Trinajstić information content (AvgIpc) is 3.30. The minimum atomic E-state index is -0.620. The smallest absolute Gasteiger partial charge is 0.274 e. The maximum Gasteiger partial charge on any atom is 0.274 e. The van der Waals surface area contributed by atoms with Crippen molar-refractivity contribution in [1.82, 2.24) is 16.3 Å². The summed E-state index contributed by atoms with van der Waals surface area (Å²) in [5.41, 5.74) is 10.7. The molecule has 6 aromatic rings. The summed E-state index contributed by atoms with van der Waals surface area (Å²) in [4.78, 5) is 46.0. The Labute approximate surface area is 390 Å². The molecule has 18 nitrogen and oxygen atoms in total. The van der Waals surface area contributed by atoms with Gasteiger partial charge >= 0.3 is 0 Å². The number of non-ortho nitro benzene ring substituents is 1. The van der Waals surface area contributed by atoms with Crippen LogP contribution in [-0.2, 0) is 0 Å². The van der Waals surface area contributed by atoms with Crippen LogP contribution in [0.4, 0.5) is 5.69 Å². The highest BCUT2D eigenvalue weighted by Gasteiger charge is 2.16. The lowest BCUT2D eigenvalue weighted by Gasteiger charge is -2.06. The first-order valence-electron chi connectivity index (χ1n) is 19.0. The van der Waals surface area contributed by atoms with Gasteiger partial charge in [-0.25, -0.2) is 16.3 Å². The lowest BCUT2D eigenvalue weighted by Crippen LogP contribution is -2.18. The summed E-state index contributed by atoms with van der Waals surface area (Å²) in [6.07, 6.45) is 3.67. The SMILES string of the molecule is COc1cc(Cl)cc(/C=N/NC(=O)c2ccccc2Br)c1O.COc1cc([N+](=O)[O-])cc(/C=N/NC(=O)c2ccccc2C)c1O.Cc1ccc(C(=O)N/N=C/c2cccc(O)c2O)cc1. The molecule has 0 aromatic heterocycles. The lowest BCUT2D eigenvalue weighted by molar-refractivity contribution is -0.385. The fourth-order valence-electron chi connectivity index (χ4n) is 5.32. The number of aryl methyl sites for hydroxylation is 2. The molecule has 0 aliphatic rings. The maximum absolute atomic E-state index is 12.0. The summed E-state index contributed by atoms with van der Waals surface area (Å²) in [7, 11) is 2.70. The van der Waals surface area contributed by atoms with Crippen LogP contribution in [0.2, 0.25) is 5.02 Å². The molecule has 3 amide bonds. The zero-order chi connectivity index (χ0) is 48.3. The van der Waals surface area contributed by atoms with Gasteiger partial charge in [0, 0.05) is 49.4 Å². The van der Waals surface area contributed by atoms with Crippen LogP contribution in [0.25, 0.3) is 0 Å². The molecule has 0 atom stereocenters. The van der Waals surface area contributed by atoms with Gasteiger partial charge in [0.15, 0.2) is 34.5 Å². The van der Waals surface area contributed by atoms with Crippen molar-refractivity contribution < 1.29 is 49.2 Å². The number of phenols is 4. The molecule has 0 spiro atoms. The Hall–Kier alpha value is -8.29. The highest BCUT2D eigenvalue weighted by atomic mass is 79.9. The molecule has 0 unspecified atom stereocenters. The van der Waals surface area contributed by atoms with Crippen molar-refractivity contribution in [3.8, 4) is 34.5 Å². The molecular weight excluding hydrogens is 942 g/mol. The van der Waals surface area contributed by atoms with E-state index in [9.17, 15) is 44.9 Å². The van der Waals surface area contributed by atoms with Gasteiger partial charge in [0.25, 0.3) is 23.4 Å². The van der Waals surface area contributed by atoms with E-state index in [0.717, 1.165) is 29.5 Å². The number of nitrogens with one attached hydrogen (secondary N) is 3. The number of carbonyl (C=O) groups excluding carboxylic acids is 3. The zero-order valence-corrected chi connectivity index (χ0v) is 37.7. The molecule has 7 N–H and O–H groups in total. The number of methoxy groups -OCH3 is 2. The van der Waals surface area contributed by atoms with Gasteiger partial charge in [-0.1, -0.05) is 65.7 Å². The number of amides is 3. The molecule has 0 heterocycles. The number of halogens is 2. The third-order valence-electron chi connectivity index (χ3n) is 8.79. The number of rotatable bonds is 12. The van der Waals surface area contributed by atoms with Gasteiger partial charge in [0.05, 0.1) is 49.4 Å². The molecule has 6 aromatic carbocycles. The minimum Gasteiger partial charge on any atom is -0.504 e. The van der Waals surface area contributed by atoms with Gasteiger partial charge < -0.3 is 29.9 Å². The molecule has 6 rings (SSSR count). The standard InChI is InChI=1S/C16H15N3O5.C15H12BrClN2O3.C15H14N2O3/c1-10-5-3-4-6-13(10)16(21)18-17-9-11-7-12(19(22)23)8-14(24-2)15(11)20;1-22-13-7-10(17)6-9(14(13)20)8-18-19-15(21)11-4-2-3-5-12(11)16;1-10-5-7-11(8-6-10)15(20)17-16-9-12-3-2-4-13(18)14(12)19/h3-9,20H,1-2H3,(H,18,21);2-8,20H,1H3,(H,19,21);2-9,18-19H,1H3,(H,17,20)/b17-9+;18-8+;16-9+. The number of benzene rings is 6. The first-order chi connectivity index (χ1) is 31.5. The van der Waals surface area contributed by atoms with E-state index in [0.29, 0.717) is 37.3 Å². The van der Waals surface area contributed by atoms with Gasteiger partial charge in [-0.05, 0) is 83.9 Å². The van der Waals surface area contributed by atoms with Crippen LogP contribution < -0.4 is 25.8 Å². The summed E-state index contributed by atoms with van der Waals surface area (Å²) in [5.74, 6) is -1.91. The molecule has 0 fully saturated rings. The second-order valence-corrected chi connectivity index (χ2v) is 14.7. The second kappa shape index (κ2) is 24.5. The van der Waals surface area contributed by atoms with Crippen molar-refractivity contribution >= 4 is 69.6 Å². The van der Waals surface area contributed by atoms with E-state index >= 15 is 0 Å². The molecule has 0 aliphatic heterocycles. The number of hydrogen-bond acceptors (Lipinski definition) is 14. The highest BCUT2D eigenvalue weighted by Crippen LogP contribution is 2.34. The third-order valence-corrected chi connectivity index (χ3v) is 9.70. The molecule has 66 heavy (non-hydrogen) atoms. The van der Waals surface area contributed by atoms with Gasteiger partial charge in [-0.2, -0.15) is 15.3 Å². The van der Waals surface area contributed by atoms with E-state index in [1.807, 2.05) is 25.1 Å². The Balaban J connectivity index is 0.000000217. The topological polar surface area (TPSA) is 267 Å². The van der Waals surface area contributed by atoms with Crippen molar-refractivity contribution in [3.63, 3.8) is 0 Å². The van der Waals surface area contributed by atoms with Crippen LogP contribution >= 0.6 is 27.5 Å². The molecule has 0 saturated heterocycles. The van der Waals surface area contributed by atoms with Gasteiger partial charge in [0.1, 0.15) is 0 Å². The number of carbonyl (C=O) groups is 3.